The van der Waals surface area contributed by atoms with E-state index in [0.717, 1.165) is 38.9 Å². The van der Waals surface area contributed by atoms with Gasteiger partial charge in [0.15, 0.2) is 0 Å². The molecule has 5 amide bonds. The Morgan fingerprint density at radius 1 is 0.987 bits per heavy atom. The third-order valence-electron chi connectivity index (χ3n) is 14.0. The third kappa shape index (κ3) is 15.6. The molecule has 0 unspecified atom stereocenters. The van der Waals surface area contributed by atoms with Gasteiger partial charge in [0.1, 0.15) is 30.4 Å². The average molecular weight is 1140 g/mol. The molecule has 4 atom stereocenters. The Morgan fingerprint density at radius 2 is 1.71 bits per heavy atom. The largest absolute Gasteiger partial charge is 0.480 e. The number of aromatic nitrogens is 1. The number of likely N-dealkylation sites (tertiary alicyclic amines) is 1. The van der Waals surface area contributed by atoms with Gasteiger partial charge < -0.3 is 44.3 Å². The molecular weight excluding hydrogens is 1060 g/mol. The zero-order chi connectivity index (χ0) is 52.7. The molecule has 1 aromatic heterocycles. The number of carboxylic acid groups (broad SMARTS) is 1. The maximum Gasteiger partial charge on any atom is 0.413 e. The first-order valence-corrected chi connectivity index (χ1v) is 25.1. The number of ether oxygens (including phenoxy) is 3. The molecule has 0 aliphatic carbocycles. The summed E-state index contributed by atoms with van der Waals surface area (Å²) in [5.74, 6) is -4.46. The number of fused-ring (bicyclic) bond motifs is 6. The van der Waals surface area contributed by atoms with Crippen molar-refractivity contribution in [3.8, 4) is 28.1 Å². The highest BCUT2D eigenvalue weighted by atomic mass is 32.1. The molecule has 3 aliphatic heterocycles. The molecule has 22 heteroatoms. The molecule has 6 bridgehead atoms. The van der Waals surface area contributed by atoms with Gasteiger partial charge in [-0.1, -0.05) is 70.7 Å². The second-order valence-corrected chi connectivity index (χ2v) is 20.3. The van der Waals surface area contributed by atoms with Crippen molar-refractivity contribution in [1.29, 1.82) is 0 Å². The van der Waals surface area contributed by atoms with Crippen molar-refractivity contribution in [1.82, 2.24) is 35.4 Å². The Bertz CT molecular complexity index is 2790. The molecule has 7 rings (SSSR count). The monoisotopic (exact) mass is 1140 g/mol. The Hall–Kier alpha value is -5.65. The molecule has 77 heavy (non-hydrogen) atoms. The number of hydrazine groups is 1. The molecule has 18 nitrogen and oxygen atoms in total. The number of hydrogen-bond donors (Lipinski definition) is 4. The zero-order valence-electron chi connectivity index (χ0n) is 45.0. The predicted molar refractivity (Wildman–Crippen MR) is 315 cm³/mol. The van der Waals surface area contributed by atoms with Crippen LogP contribution in [0.2, 0.25) is 0 Å². The number of rotatable bonds is 14. The number of methoxy groups -OCH3 is 1. The summed E-state index contributed by atoms with van der Waals surface area (Å²) in [6.07, 6.45) is 2.49. The number of amides is 5. The van der Waals surface area contributed by atoms with Gasteiger partial charge in [0, 0.05) is 68.6 Å². The molecule has 0 spiro atoms. The lowest BCUT2D eigenvalue weighted by atomic mass is 9.83. The second kappa shape index (κ2) is 28.8. The van der Waals surface area contributed by atoms with Crippen LogP contribution in [-0.2, 0) is 64.0 Å². The number of nitrogens with zero attached hydrogens (tertiary/aromatic N) is 4. The quantitative estimate of drug-likeness (QED) is 0.0848. The topological polar surface area (TPSA) is 218 Å². The van der Waals surface area contributed by atoms with Crippen molar-refractivity contribution in [2.45, 2.75) is 97.8 Å². The standard InChI is InChI=1S/C55H69N7O11.4H2S/c1-9-46(63)60-22-19-37(31-60)51(67)59(7)48(33(3)4)50(66)57-44-26-34-24-38(27-39(25-34)73-54(70)56-30-47(64)65)36-17-18-45-41(28-36)42(49(61(45)10-2)40-15-12-11-14-35(40)20-23-71-8)29-55(5,6)32-72-53(69)43-16-13-21-62(58-43)52(44)68;;;;/h9,11-12,14-15,17-18,24-25,27-28,33,37,43-44,48,58H,1,10,13,16,19-23,26,29-32H2,2-8H3,(H,56,70)(H,57,66)(H,64,65);4*1H2/t37-,43-,44-,48-;;;;/m0..../s1. The zero-order valence-corrected chi connectivity index (χ0v) is 49.0. The van der Waals surface area contributed by atoms with E-state index in [1.54, 1.807) is 45.0 Å². The second-order valence-electron chi connectivity index (χ2n) is 20.3. The Labute approximate surface area is 479 Å². The Kier molecular flexibility index (Phi) is 24.6. The van der Waals surface area contributed by atoms with Gasteiger partial charge in [-0.05, 0) is 103 Å². The summed E-state index contributed by atoms with van der Waals surface area (Å²) in [5.41, 5.74) is 9.53. The summed E-state index contributed by atoms with van der Waals surface area (Å²) < 4.78 is 19.7. The summed E-state index contributed by atoms with van der Waals surface area (Å²) in [7, 11) is 3.23. The first-order chi connectivity index (χ1) is 34.8. The van der Waals surface area contributed by atoms with Crippen molar-refractivity contribution < 1.29 is 52.9 Å². The van der Waals surface area contributed by atoms with E-state index in [1.807, 2.05) is 30.3 Å². The van der Waals surface area contributed by atoms with Crippen LogP contribution in [0.25, 0.3) is 33.3 Å². The van der Waals surface area contributed by atoms with E-state index < -0.39 is 71.8 Å². The van der Waals surface area contributed by atoms with Gasteiger partial charge in [0.25, 0.3) is 5.91 Å². The van der Waals surface area contributed by atoms with Gasteiger partial charge in [-0.25, -0.2) is 10.2 Å². The average Bonchev–Trinajstić information content (AvgIpc) is 3.98. The van der Waals surface area contributed by atoms with Gasteiger partial charge in [-0.3, -0.25) is 33.8 Å². The van der Waals surface area contributed by atoms with Crippen molar-refractivity contribution in [3.05, 3.63) is 90.0 Å². The first kappa shape index (κ1) is 65.6. The van der Waals surface area contributed by atoms with Crippen LogP contribution in [0.1, 0.15) is 70.6 Å². The lowest BCUT2D eigenvalue weighted by Crippen LogP contribution is -2.62. The van der Waals surface area contributed by atoms with Gasteiger partial charge >= 0.3 is 18.0 Å². The molecule has 0 saturated carbocycles. The SMILES string of the molecule is C=CC(=O)N1CC[C@H](C(=O)N(C)[C@H](C(=O)N[C@H]2Cc3cc(OC(=O)NCC(=O)O)cc(c3)-c3ccc4c(c3)c(c(-c3ccccc3CCOC)n4CC)CC(C)(C)COC(=O)[C@@H]3CCCN(N3)C2=O)C(C)C)C1.S.S.S.S. The molecule has 4 heterocycles. The van der Waals surface area contributed by atoms with E-state index in [9.17, 15) is 38.7 Å². The van der Waals surface area contributed by atoms with Crippen LogP contribution in [0.4, 0.5) is 4.79 Å². The minimum atomic E-state index is -1.29. The van der Waals surface area contributed by atoms with E-state index in [1.165, 1.54) is 16.0 Å². The van der Waals surface area contributed by atoms with E-state index >= 15 is 0 Å². The summed E-state index contributed by atoms with van der Waals surface area (Å²) >= 11 is 0. The Morgan fingerprint density at radius 3 is 2.39 bits per heavy atom. The van der Waals surface area contributed by atoms with Crippen molar-refractivity contribution in [3.63, 3.8) is 0 Å². The van der Waals surface area contributed by atoms with E-state index in [0.29, 0.717) is 62.9 Å². The maximum atomic E-state index is 15.0. The van der Waals surface area contributed by atoms with E-state index in [-0.39, 0.29) is 97.7 Å². The molecule has 4 N–H and O–H groups in total. The number of nitrogens with one attached hydrogen (secondary N) is 3. The molecule has 2 fully saturated rings. The normalized spacial score (nSPS) is 18.4. The first-order valence-electron chi connectivity index (χ1n) is 25.1. The molecular formula is C55H77N7O11S4. The highest BCUT2D eigenvalue weighted by Gasteiger charge is 2.40. The molecule has 0 radical (unpaired) electrons. The third-order valence-corrected chi connectivity index (χ3v) is 14.0. The van der Waals surface area contributed by atoms with Crippen molar-refractivity contribution in [2.75, 3.05) is 53.6 Å². The number of carbonyl (C=O) groups is 7. The van der Waals surface area contributed by atoms with Crippen molar-refractivity contribution in [2.24, 2.45) is 17.3 Å². The van der Waals surface area contributed by atoms with E-state index in [4.69, 9.17) is 14.2 Å². The molecule has 3 aliphatic rings. The van der Waals surface area contributed by atoms with Crippen LogP contribution in [0.5, 0.6) is 5.75 Å². The number of aliphatic carboxylic acids is 1. The van der Waals surface area contributed by atoms with Crippen LogP contribution >= 0.6 is 54.0 Å². The molecule has 422 valence electrons. The lowest BCUT2D eigenvalue weighted by molar-refractivity contribution is -0.155. The van der Waals surface area contributed by atoms with Crippen LogP contribution in [-0.4, -0.2) is 138 Å². The summed E-state index contributed by atoms with van der Waals surface area (Å²) in [6.45, 7) is 14.7. The highest BCUT2D eigenvalue weighted by Crippen LogP contribution is 2.42. The number of likely N-dealkylation sites (N-methyl/N-ethyl adjacent to an activating group) is 1. The van der Waals surface area contributed by atoms with Crippen LogP contribution in [0.3, 0.4) is 0 Å². The summed E-state index contributed by atoms with van der Waals surface area (Å²) in [5, 5.41) is 16.8. The maximum absolute atomic E-state index is 15.0. The number of benzene rings is 3. The van der Waals surface area contributed by atoms with Crippen LogP contribution in [0, 0.1) is 17.3 Å². The van der Waals surface area contributed by atoms with Gasteiger partial charge in [-0.2, -0.15) is 54.0 Å². The predicted octanol–water partition coefficient (Wildman–Crippen LogP) is 5.97. The lowest BCUT2D eigenvalue weighted by Gasteiger charge is -2.37. The summed E-state index contributed by atoms with van der Waals surface area (Å²) in [6, 6.07) is 16.2. The highest BCUT2D eigenvalue weighted by molar-refractivity contribution is 7.59. The number of hydrogen-bond acceptors (Lipinski definition) is 11. The van der Waals surface area contributed by atoms with Crippen LogP contribution in [0.15, 0.2) is 73.3 Å². The number of carbonyl (C=O) groups excluding carboxylic acids is 6. The summed E-state index contributed by atoms with van der Waals surface area (Å²) in [4.78, 5) is 97.6. The molecule has 4 aromatic rings. The van der Waals surface area contributed by atoms with Gasteiger partial charge in [0.2, 0.25) is 17.7 Å². The minimum absolute atomic E-state index is 0. The molecule has 2 saturated heterocycles. The van der Waals surface area contributed by atoms with Gasteiger partial charge in [0.05, 0.1) is 24.8 Å². The fraction of sp³-hybridized carbons (Fsp3) is 0.473. The number of cyclic esters (lactones) is 1. The minimum Gasteiger partial charge on any atom is -0.480 e. The number of esters is 1. The molecule has 3 aromatic carbocycles. The number of carboxylic acids is 1. The van der Waals surface area contributed by atoms with Crippen LogP contribution < -0.4 is 20.8 Å². The van der Waals surface area contributed by atoms with Gasteiger partial charge in [-0.15, -0.1) is 0 Å². The fourth-order valence-electron chi connectivity index (χ4n) is 10.4. The van der Waals surface area contributed by atoms with E-state index in [2.05, 4.69) is 66.2 Å². The Balaban J connectivity index is 0.00000390. The smallest absolute Gasteiger partial charge is 0.413 e. The number of aryl methyl sites for hydroxylation is 1. The van der Waals surface area contributed by atoms with Crippen molar-refractivity contribution >= 4 is 107 Å². The fourth-order valence-corrected chi connectivity index (χ4v) is 10.4.